The Morgan fingerprint density at radius 2 is 1.75 bits per heavy atom. The molecule has 9 heteroatoms. The minimum absolute atomic E-state index is 0.0747. The molecule has 0 spiro atoms. The monoisotopic (exact) mass is 478 g/mol. The molecule has 1 aliphatic rings. The number of sulfonamides is 1. The summed E-state index contributed by atoms with van der Waals surface area (Å²) in [6, 6.07) is 10.7. The molecule has 0 aromatic heterocycles. The molecule has 32 heavy (non-hydrogen) atoms. The van der Waals surface area contributed by atoms with Gasteiger partial charge in [0.05, 0.1) is 24.5 Å². The van der Waals surface area contributed by atoms with Crippen molar-refractivity contribution in [3.05, 3.63) is 64.2 Å². The van der Waals surface area contributed by atoms with E-state index in [0.29, 0.717) is 29.2 Å². The zero-order valence-corrected chi connectivity index (χ0v) is 19.7. The second-order valence-electron chi connectivity index (χ2n) is 7.80. The van der Waals surface area contributed by atoms with Crippen molar-refractivity contribution in [3.8, 4) is 0 Å². The Kier molecular flexibility index (Phi) is 7.92. The van der Waals surface area contributed by atoms with Gasteiger partial charge in [-0.25, -0.2) is 8.42 Å². The van der Waals surface area contributed by atoms with Crippen LogP contribution in [0.2, 0.25) is 5.02 Å². The molecule has 172 valence electrons. The van der Waals surface area contributed by atoms with Crippen molar-refractivity contribution < 1.29 is 22.7 Å². The highest BCUT2D eigenvalue weighted by Gasteiger charge is 2.28. The second kappa shape index (κ2) is 10.5. The van der Waals surface area contributed by atoms with E-state index in [2.05, 4.69) is 5.32 Å². The molecule has 7 nitrogen and oxygen atoms in total. The van der Waals surface area contributed by atoms with Crippen molar-refractivity contribution in [2.45, 2.75) is 43.5 Å². The van der Waals surface area contributed by atoms with Gasteiger partial charge in [0, 0.05) is 23.7 Å². The molecule has 1 unspecified atom stereocenters. The molecular formula is C23H27ClN2O5S. The van der Waals surface area contributed by atoms with Crippen LogP contribution in [0.5, 0.6) is 0 Å². The minimum Gasteiger partial charge on any atom is -0.469 e. The fourth-order valence-corrected chi connectivity index (χ4v) is 5.60. The molecule has 1 fully saturated rings. The number of benzene rings is 2. The van der Waals surface area contributed by atoms with Crippen LogP contribution in [0.4, 0.5) is 0 Å². The SMILES string of the molecule is COC(=O)CC(NC(=O)c1ccc(C)c(S(=O)(=O)N2CCCCC2)c1)c1ccc(Cl)cc1. The number of hydrogen-bond donors (Lipinski definition) is 1. The van der Waals surface area contributed by atoms with Gasteiger partial charge in [0.2, 0.25) is 10.0 Å². The largest absolute Gasteiger partial charge is 0.469 e. The van der Waals surface area contributed by atoms with Crippen LogP contribution in [-0.4, -0.2) is 44.8 Å². The molecule has 1 heterocycles. The van der Waals surface area contributed by atoms with Gasteiger partial charge in [0.25, 0.3) is 5.91 Å². The summed E-state index contributed by atoms with van der Waals surface area (Å²) in [4.78, 5) is 25.1. The van der Waals surface area contributed by atoms with Crippen molar-refractivity contribution in [2.24, 2.45) is 0 Å². The molecule has 0 radical (unpaired) electrons. The number of esters is 1. The number of aryl methyl sites for hydroxylation is 1. The fourth-order valence-electron chi connectivity index (χ4n) is 3.70. The number of halogens is 1. The summed E-state index contributed by atoms with van der Waals surface area (Å²) < 4.78 is 32.6. The molecule has 0 bridgehead atoms. The summed E-state index contributed by atoms with van der Waals surface area (Å²) in [5, 5.41) is 3.35. The first-order valence-electron chi connectivity index (χ1n) is 10.5. The Bertz CT molecular complexity index is 1080. The van der Waals surface area contributed by atoms with Gasteiger partial charge in [-0.15, -0.1) is 0 Å². The predicted molar refractivity (Wildman–Crippen MR) is 122 cm³/mol. The van der Waals surface area contributed by atoms with E-state index in [1.807, 2.05) is 0 Å². The standard InChI is InChI=1S/C23H27ClN2O5S/c1-16-6-7-18(14-21(16)32(29,30)26-12-4-3-5-13-26)23(28)25-20(15-22(27)31-2)17-8-10-19(24)11-9-17/h6-11,14,20H,3-5,12-13,15H2,1-2H3,(H,25,28). The first-order chi connectivity index (χ1) is 15.2. The van der Waals surface area contributed by atoms with Gasteiger partial charge < -0.3 is 10.1 Å². The van der Waals surface area contributed by atoms with Crippen molar-refractivity contribution in [1.29, 1.82) is 0 Å². The lowest BCUT2D eigenvalue weighted by Gasteiger charge is -2.26. The molecule has 2 aromatic rings. The third-order valence-corrected chi connectivity index (χ3v) is 7.85. The summed E-state index contributed by atoms with van der Waals surface area (Å²) in [7, 11) is -2.41. The molecule has 1 saturated heterocycles. The molecule has 3 rings (SSSR count). The third kappa shape index (κ3) is 5.68. The Morgan fingerprint density at radius 3 is 2.38 bits per heavy atom. The van der Waals surface area contributed by atoms with E-state index in [4.69, 9.17) is 16.3 Å². The maximum atomic E-state index is 13.2. The number of nitrogens with one attached hydrogen (secondary N) is 1. The van der Waals surface area contributed by atoms with E-state index in [1.165, 1.54) is 17.5 Å². The molecule has 0 saturated carbocycles. The number of nitrogens with zero attached hydrogens (tertiary/aromatic N) is 1. The number of carbonyl (C=O) groups excluding carboxylic acids is 2. The van der Waals surface area contributed by atoms with E-state index < -0.39 is 27.9 Å². The number of hydrogen-bond acceptors (Lipinski definition) is 5. The van der Waals surface area contributed by atoms with Crippen molar-refractivity contribution in [1.82, 2.24) is 9.62 Å². The molecule has 1 aliphatic heterocycles. The Hall–Kier alpha value is -2.42. The Morgan fingerprint density at radius 1 is 1.09 bits per heavy atom. The lowest BCUT2D eigenvalue weighted by atomic mass is 10.0. The Balaban J connectivity index is 1.87. The smallest absolute Gasteiger partial charge is 0.307 e. The zero-order valence-electron chi connectivity index (χ0n) is 18.1. The van der Waals surface area contributed by atoms with Gasteiger partial charge in [-0.05, 0) is 55.2 Å². The maximum absolute atomic E-state index is 13.2. The van der Waals surface area contributed by atoms with Gasteiger partial charge in [0.1, 0.15) is 0 Å². The number of piperidine rings is 1. The highest BCUT2D eigenvalue weighted by molar-refractivity contribution is 7.89. The first-order valence-corrected chi connectivity index (χ1v) is 12.3. The number of amides is 1. The number of rotatable bonds is 7. The number of carbonyl (C=O) groups is 2. The number of ether oxygens (including phenoxy) is 1. The van der Waals surface area contributed by atoms with Gasteiger partial charge in [-0.2, -0.15) is 4.31 Å². The van der Waals surface area contributed by atoms with Crippen LogP contribution in [0.3, 0.4) is 0 Å². The third-order valence-electron chi connectivity index (χ3n) is 5.56. The summed E-state index contributed by atoms with van der Waals surface area (Å²) in [6.07, 6.45) is 2.60. The highest BCUT2D eigenvalue weighted by Crippen LogP contribution is 2.25. The van der Waals surface area contributed by atoms with E-state index >= 15 is 0 Å². The summed E-state index contributed by atoms with van der Waals surface area (Å²) in [6.45, 7) is 2.68. The van der Waals surface area contributed by atoms with Crippen LogP contribution in [0, 0.1) is 6.92 Å². The van der Waals surface area contributed by atoms with Gasteiger partial charge in [-0.1, -0.05) is 36.2 Å². The maximum Gasteiger partial charge on any atom is 0.307 e. The fraction of sp³-hybridized carbons (Fsp3) is 0.391. The van der Waals surface area contributed by atoms with E-state index in [1.54, 1.807) is 43.3 Å². The van der Waals surface area contributed by atoms with Crippen molar-refractivity contribution in [3.63, 3.8) is 0 Å². The van der Waals surface area contributed by atoms with Crippen molar-refractivity contribution >= 4 is 33.5 Å². The van der Waals surface area contributed by atoms with Crippen molar-refractivity contribution in [2.75, 3.05) is 20.2 Å². The molecule has 2 aromatic carbocycles. The van der Waals surface area contributed by atoms with Gasteiger partial charge in [0.15, 0.2) is 0 Å². The molecule has 1 amide bonds. The van der Waals surface area contributed by atoms with Gasteiger partial charge in [-0.3, -0.25) is 9.59 Å². The molecule has 0 aliphatic carbocycles. The van der Waals surface area contributed by atoms with E-state index in [9.17, 15) is 18.0 Å². The quantitative estimate of drug-likeness (QED) is 0.610. The van der Waals surface area contributed by atoms with E-state index in [-0.39, 0.29) is 16.9 Å². The molecule has 1 atom stereocenters. The molecule has 1 N–H and O–H groups in total. The van der Waals surface area contributed by atoms with Crippen LogP contribution in [0.15, 0.2) is 47.4 Å². The predicted octanol–water partition coefficient (Wildman–Crippen LogP) is 3.86. The second-order valence-corrected chi connectivity index (χ2v) is 10.1. The van der Waals surface area contributed by atoms with Gasteiger partial charge >= 0.3 is 5.97 Å². The summed E-state index contributed by atoms with van der Waals surface area (Å²) in [5.41, 5.74) is 1.47. The van der Waals surface area contributed by atoms with Crippen LogP contribution in [0.1, 0.15) is 53.2 Å². The normalized spacial score (nSPS) is 15.7. The average Bonchev–Trinajstić information content (AvgIpc) is 2.79. The lowest BCUT2D eigenvalue weighted by Crippen LogP contribution is -2.36. The highest BCUT2D eigenvalue weighted by atomic mass is 35.5. The summed E-state index contributed by atoms with van der Waals surface area (Å²) in [5.74, 6) is -0.966. The van der Waals surface area contributed by atoms with E-state index in [0.717, 1.165) is 19.3 Å². The van der Waals surface area contributed by atoms with Crippen LogP contribution in [0.25, 0.3) is 0 Å². The zero-order chi connectivity index (χ0) is 23.3. The first kappa shape index (κ1) is 24.2. The topological polar surface area (TPSA) is 92.8 Å². The lowest BCUT2D eigenvalue weighted by molar-refractivity contribution is -0.141. The summed E-state index contributed by atoms with van der Waals surface area (Å²) >= 11 is 5.95. The van der Waals surface area contributed by atoms with Crippen LogP contribution in [-0.2, 0) is 19.6 Å². The molecular weight excluding hydrogens is 452 g/mol. The number of methoxy groups -OCH3 is 1. The van der Waals surface area contributed by atoms with Crippen LogP contribution < -0.4 is 5.32 Å². The van der Waals surface area contributed by atoms with Crippen LogP contribution >= 0.6 is 11.6 Å². The Labute approximate surface area is 193 Å². The minimum atomic E-state index is -3.69. The average molecular weight is 479 g/mol.